The standard InChI is InChI=1S/C25H31FN8O/c1-3-35-25-29-16(2)22-24(31-25)34(23(30-22)19-8-21(26)11-27-10-19)13-17-9-28-33(12-17)15-20-14-32-6-4-18(20)5-7-32/h8-11,17-18,20H,3-7,12-15H2,1-2H3. The summed E-state index contributed by atoms with van der Waals surface area (Å²) in [5, 5.41) is 6.99. The lowest BCUT2D eigenvalue weighted by molar-refractivity contribution is 0.0311. The first-order valence-electron chi connectivity index (χ1n) is 12.6. The van der Waals surface area contributed by atoms with Gasteiger partial charge in [-0.15, -0.1) is 0 Å². The third-order valence-corrected chi connectivity index (χ3v) is 7.52. The molecular weight excluding hydrogens is 447 g/mol. The van der Waals surface area contributed by atoms with E-state index < -0.39 is 5.82 Å². The SMILES string of the molecule is CCOc1nc(C)c2nc(-c3cncc(F)c3)n(CC3C=NN(CC4CN5CCC4CC5)C3)c2n1. The molecule has 35 heavy (non-hydrogen) atoms. The highest BCUT2D eigenvalue weighted by molar-refractivity contribution is 5.79. The molecule has 0 saturated carbocycles. The van der Waals surface area contributed by atoms with E-state index in [-0.39, 0.29) is 5.92 Å². The fraction of sp³-hybridized carbons (Fsp3) is 0.560. The van der Waals surface area contributed by atoms with Crippen LogP contribution in [0.15, 0.2) is 23.6 Å². The maximum atomic E-state index is 14.0. The molecular formula is C25H31FN8O. The maximum Gasteiger partial charge on any atom is 0.318 e. The molecule has 10 heteroatoms. The number of imidazole rings is 1. The van der Waals surface area contributed by atoms with Crippen molar-refractivity contribution in [3.05, 3.63) is 30.0 Å². The highest BCUT2D eigenvalue weighted by atomic mass is 19.1. The number of nitrogens with zero attached hydrogens (tertiary/aromatic N) is 8. The average molecular weight is 479 g/mol. The van der Waals surface area contributed by atoms with E-state index >= 15 is 0 Å². The third-order valence-electron chi connectivity index (χ3n) is 7.52. The predicted octanol–water partition coefficient (Wildman–Crippen LogP) is 2.99. The van der Waals surface area contributed by atoms with Gasteiger partial charge in [-0.1, -0.05) is 0 Å². The lowest BCUT2D eigenvalue weighted by atomic mass is 9.79. The molecule has 2 bridgehead atoms. The van der Waals surface area contributed by atoms with Gasteiger partial charge < -0.3 is 14.2 Å². The van der Waals surface area contributed by atoms with Crippen LogP contribution in [0.3, 0.4) is 0 Å². The normalized spacial score (nSPS) is 25.6. The van der Waals surface area contributed by atoms with E-state index in [4.69, 9.17) is 14.8 Å². The fourth-order valence-corrected chi connectivity index (χ4v) is 5.81. The molecule has 2 unspecified atom stereocenters. The van der Waals surface area contributed by atoms with Crippen molar-refractivity contribution in [1.82, 2.24) is 34.4 Å². The Bertz CT molecular complexity index is 1250. The number of rotatable bonds is 7. The first-order chi connectivity index (χ1) is 17.1. The maximum absolute atomic E-state index is 14.0. The van der Waals surface area contributed by atoms with Gasteiger partial charge in [-0.25, -0.2) is 9.37 Å². The first kappa shape index (κ1) is 22.3. The summed E-state index contributed by atoms with van der Waals surface area (Å²) in [5.41, 5.74) is 2.71. The quantitative estimate of drug-likeness (QED) is 0.516. The van der Waals surface area contributed by atoms with Crippen molar-refractivity contribution >= 4 is 17.4 Å². The number of aromatic nitrogens is 5. The molecule has 4 aliphatic heterocycles. The summed E-state index contributed by atoms with van der Waals surface area (Å²) in [6.45, 7) is 10.5. The van der Waals surface area contributed by atoms with E-state index in [0.717, 1.165) is 24.7 Å². The van der Waals surface area contributed by atoms with E-state index in [1.54, 1.807) is 6.20 Å². The molecule has 3 aromatic rings. The number of pyridine rings is 1. The third kappa shape index (κ3) is 4.35. The molecule has 0 amide bonds. The van der Waals surface area contributed by atoms with E-state index in [0.29, 0.717) is 47.6 Å². The van der Waals surface area contributed by atoms with Crippen molar-refractivity contribution in [3.8, 4) is 17.4 Å². The molecule has 3 fully saturated rings. The van der Waals surface area contributed by atoms with Gasteiger partial charge in [0.25, 0.3) is 0 Å². The smallest absolute Gasteiger partial charge is 0.318 e. The van der Waals surface area contributed by atoms with Gasteiger partial charge in [0.05, 0.1) is 18.5 Å². The van der Waals surface area contributed by atoms with Crippen LogP contribution in [0.1, 0.15) is 25.5 Å². The van der Waals surface area contributed by atoms with Crippen LogP contribution in [0, 0.1) is 30.5 Å². The minimum absolute atomic E-state index is 0.194. The summed E-state index contributed by atoms with van der Waals surface area (Å²) in [7, 11) is 0. The molecule has 0 aliphatic carbocycles. The van der Waals surface area contributed by atoms with E-state index in [1.165, 1.54) is 44.7 Å². The van der Waals surface area contributed by atoms with Gasteiger partial charge in [0, 0.05) is 50.1 Å². The predicted molar refractivity (Wildman–Crippen MR) is 131 cm³/mol. The molecule has 0 N–H and O–H groups in total. The van der Waals surface area contributed by atoms with Gasteiger partial charge in [-0.2, -0.15) is 15.1 Å². The van der Waals surface area contributed by atoms with Crippen LogP contribution >= 0.6 is 0 Å². The Balaban J connectivity index is 1.28. The Morgan fingerprint density at radius 1 is 1.09 bits per heavy atom. The van der Waals surface area contributed by atoms with Gasteiger partial charge in [0.1, 0.15) is 17.2 Å². The minimum Gasteiger partial charge on any atom is -0.464 e. The number of aryl methyl sites for hydroxylation is 1. The Morgan fingerprint density at radius 2 is 1.94 bits per heavy atom. The number of hydrogen-bond donors (Lipinski definition) is 0. The van der Waals surface area contributed by atoms with Crippen LogP contribution in [0.4, 0.5) is 4.39 Å². The molecule has 3 saturated heterocycles. The molecule has 4 aliphatic rings. The number of halogens is 1. The summed E-state index contributed by atoms with van der Waals surface area (Å²) in [5.74, 6) is 1.95. The summed E-state index contributed by atoms with van der Waals surface area (Å²) >= 11 is 0. The van der Waals surface area contributed by atoms with Crippen molar-refractivity contribution in [2.24, 2.45) is 22.9 Å². The monoisotopic (exact) mass is 478 g/mol. The van der Waals surface area contributed by atoms with Crippen molar-refractivity contribution < 1.29 is 9.13 Å². The molecule has 0 radical (unpaired) electrons. The summed E-state index contributed by atoms with van der Waals surface area (Å²) in [4.78, 5) is 20.6. The van der Waals surface area contributed by atoms with Crippen LogP contribution in [-0.4, -0.2) is 80.0 Å². The summed E-state index contributed by atoms with van der Waals surface area (Å²) < 4.78 is 21.7. The fourth-order valence-electron chi connectivity index (χ4n) is 5.81. The summed E-state index contributed by atoms with van der Waals surface area (Å²) in [6.07, 6.45) is 7.51. The Hall–Kier alpha value is -3.14. The van der Waals surface area contributed by atoms with Gasteiger partial charge in [-0.3, -0.25) is 9.99 Å². The lowest BCUT2D eigenvalue weighted by Gasteiger charge is -2.45. The first-order valence-corrected chi connectivity index (χ1v) is 12.6. The van der Waals surface area contributed by atoms with E-state index in [2.05, 4.69) is 24.9 Å². The zero-order valence-corrected chi connectivity index (χ0v) is 20.3. The van der Waals surface area contributed by atoms with E-state index in [1.807, 2.05) is 24.6 Å². The van der Waals surface area contributed by atoms with Gasteiger partial charge >= 0.3 is 6.01 Å². The van der Waals surface area contributed by atoms with Gasteiger partial charge in [-0.05, 0) is 57.7 Å². The molecule has 3 aromatic heterocycles. The second-order valence-corrected chi connectivity index (χ2v) is 9.93. The number of fused-ring (bicyclic) bond motifs is 4. The lowest BCUT2D eigenvalue weighted by Crippen LogP contribution is -2.50. The second kappa shape index (κ2) is 9.14. The van der Waals surface area contributed by atoms with Crippen molar-refractivity contribution in [2.45, 2.75) is 33.2 Å². The molecule has 184 valence electrons. The number of hydrazone groups is 1. The van der Waals surface area contributed by atoms with Crippen LogP contribution in [0.5, 0.6) is 6.01 Å². The molecule has 7 rings (SSSR count). The topological polar surface area (TPSA) is 84.6 Å². The van der Waals surface area contributed by atoms with Crippen molar-refractivity contribution in [1.29, 1.82) is 0 Å². The zero-order chi connectivity index (χ0) is 23.9. The molecule has 9 nitrogen and oxygen atoms in total. The summed E-state index contributed by atoms with van der Waals surface area (Å²) in [6, 6.07) is 1.78. The van der Waals surface area contributed by atoms with E-state index in [9.17, 15) is 4.39 Å². The Kier molecular flexibility index (Phi) is 5.83. The number of hydrogen-bond acceptors (Lipinski definition) is 8. The van der Waals surface area contributed by atoms with Crippen LogP contribution in [0.25, 0.3) is 22.6 Å². The van der Waals surface area contributed by atoms with Crippen molar-refractivity contribution in [3.63, 3.8) is 0 Å². The second-order valence-electron chi connectivity index (χ2n) is 9.93. The molecule has 0 aromatic carbocycles. The molecule has 7 heterocycles. The molecule has 0 spiro atoms. The highest BCUT2D eigenvalue weighted by Gasteiger charge is 2.36. The Morgan fingerprint density at radius 3 is 2.69 bits per heavy atom. The van der Waals surface area contributed by atoms with Crippen LogP contribution in [0.2, 0.25) is 0 Å². The number of piperidine rings is 3. The van der Waals surface area contributed by atoms with Crippen LogP contribution in [-0.2, 0) is 6.54 Å². The largest absolute Gasteiger partial charge is 0.464 e. The average Bonchev–Trinajstić information content (AvgIpc) is 3.45. The van der Waals surface area contributed by atoms with Gasteiger partial charge in [0.15, 0.2) is 5.65 Å². The van der Waals surface area contributed by atoms with Crippen LogP contribution < -0.4 is 4.74 Å². The molecule has 2 atom stereocenters. The number of ether oxygens (including phenoxy) is 1. The highest BCUT2D eigenvalue weighted by Crippen LogP contribution is 2.34. The van der Waals surface area contributed by atoms with Crippen molar-refractivity contribution in [2.75, 3.05) is 39.3 Å². The zero-order valence-electron chi connectivity index (χ0n) is 20.3. The Labute approximate surface area is 204 Å². The van der Waals surface area contributed by atoms with Gasteiger partial charge in [0.2, 0.25) is 0 Å². The minimum atomic E-state index is -0.398.